The fourth-order valence-electron chi connectivity index (χ4n) is 4.61. The van der Waals surface area contributed by atoms with Gasteiger partial charge in [-0.25, -0.2) is 4.68 Å². The number of fused-ring (bicyclic) bond motifs is 1. The highest BCUT2D eigenvalue weighted by molar-refractivity contribution is 5.92. The minimum absolute atomic E-state index is 0.0285. The number of nitro benzene ring substituents is 1. The second-order valence-corrected chi connectivity index (χ2v) is 9.03. The summed E-state index contributed by atoms with van der Waals surface area (Å²) in [4.78, 5) is 22.9. The van der Waals surface area contributed by atoms with Crippen molar-refractivity contribution in [2.24, 2.45) is 5.73 Å². The van der Waals surface area contributed by atoms with E-state index >= 15 is 0 Å². The molecule has 3 N–H and O–H groups in total. The minimum atomic E-state index is -0.596. The lowest BCUT2D eigenvalue weighted by molar-refractivity contribution is -0.384. The molecule has 12 nitrogen and oxygen atoms in total. The van der Waals surface area contributed by atoms with Crippen molar-refractivity contribution >= 4 is 17.3 Å². The number of methoxy groups -OCH3 is 1. The molecule has 0 radical (unpaired) electrons. The quantitative estimate of drug-likeness (QED) is 0.239. The zero-order valence-electron chi connectivity index (χ0n) is 22.0. The van der Waals surface area contributed by atoms with Crippen LogP contribution in [0.4, 0.5) is 11.4 Å². The Labute approximate surface area is 234 Å². The third kappa shape index (κ3) is 5.24. The first-order valence-corrected chi connectivity index (χ1v) is 12.4. The van der Waals surface area contributed by atoms with Crippen molar-refractivity contribution in [2.45, 2.75) is 12.8 Å². The zero-order valence-corrected chi connectivity index (χ0v) is 22.0. The van der Waals surface area contributed by atoms with Gasteiger partial charge in [-0.15, -0.1) is 0 Å². The van der Waals surface area contributed by atoms with E-state index in [-0.39, 0.29) is 35.2 Å². The summed E-state index contributed by atoms with van der Waals surface area (Å²) in [5.74, 6) is -0.127. The molecule has 0 saturated heterocycles. The van der Waals surface area contributed by atoms with E-state index in [1.807, 2.05) is 37.3 Å². The van der Waals surface area contributed by atoms with Gasteiger partial charge in [-0.1, -0.05) is 30.3 Å². The third-order valence-electron chi connectivity index (χ3n) is 6.45. The first-order valence-electron chi connectivity index (χ1n) is 12.4. The maximum Gasteiger partial charge on any atom is 0.271 e. The summed E-state index contributed by atoms with van der Waals surface area (Å²) in [6.45, 7) is 1.46. The molecule has 1 aliphatic rings. The smallest absolute Gasteiger partial charge is 0.271 e. The molecule has 1 aromatic heterocycles. The number of nitrogens with one attached hydrogen (secondary N) is 1. The van der Waals surface area contributed by atoms with Crippen molar-refractivity contribution in [1.82, 2.24) is 9.78 Å². The number of allylic oxidation sites excluding steroid dienone is 1. The van der Waals surface area contributed by atoms with E-state index in [1.54, 1.807) is 22.9 Å². The monoisotopic (exact) mass is 552 g/mol. The SMILES string of the molecule is COc1cc(C2C(C#N)=C(N)Oc3c2c(C)nn3-c2ccccc2)ccc1OCC(=O)Nc1cccc([N+](=O)[O-])c1. The maximum absolute atomic E-state index is 12.5. The first-order chi connectivity index (χ1) is 19.8. The largest absolute Gasteiger partial charge is 0.493 e. The fraction of sp³-hybridized carbons (Fsp3) is 0.138. The number of carbonyl (C=O) groups is 1. The molecule has 0 spiro atoms. The number of hydrogen-bond acceptors (Lipinski definition) is 9. The van der Waals surface area contributed by atoms with Gasteiger partial charge in [0.25, 0.3) is 11.6 Å². The second-order valence-electron chi connectivity index (χ2n) is 9.03. The molecule has 0 bridgehead atoms. The normalized spacial score (nSPS) is 13.9. The molecule has 0 saturated carbocycles. The highest BCUT2D eigenvalue weighted by Gasteiger charge is 2.36. The molecule has 41 heavy (non-hydrogen) atoms. The lowest BCUT2D eigenvalue weighted by Gasteiger charge is -2.25. The Bertz CT molecular complexity index is 1720. The van der Waals surface area contributed by atoms with Crippen LogP contribution in [0.2, 0.25) is 0 Å². The van der Waals surface area contributed by atoms with E-state index < -0.39 is 16.7 Å². The summed E-state index contributed by atoms with van der Waals surface area (Å²) in [7, 11) is 1.46. The van der Waals surface area contributed by atoms with Gasteiger partial charge < -0.3 is 25.3 Å². The number of para-hydroxylation sites is 1. The molecular weight excluding hydrogens is 528 g/mol. The molecule has 2 heterocycles. The summed E-state index contributed by atoms with van der Waals surface area (Å²) in [5, 5.41) is 28.2. The number of non-ortho nitro benzene ring substituents is 1. The van der Waals surface area contributed by atoms with Crippen molar-refractivity contribution in [3.8, 4) is 29.1 Å². The van der Waals surface area contributed by atoms with Crippen LogP contribution in [-0.4, -0.2) is 34.3 Å². The topological polar surface area (TPSA) is 168 Å². The predicted octanol–water partition coefficient (Wildman–Crippen LogP) is 4.33. The summed E-state index contributed by atoms with van der Waals surface area (Å²) in [6.07, 6.45) is 0. The number of nitriles is 1. The molecule has 206 valence electrons. The molecule has 1 amide bonds. The average molecular weight is 553 g/mol. The highest BCUT2D eigenvalue weighted by atomic mass is 16.6. The van der Waals surface area contributed by atoms with Gasteiger partial charge in [-0.3, -0.25) is 14.9 Å². The van der Waals surface area contributed by atoms with E-state index in [9.17, 15) is 20.2 Å². The molecule has 0 aliphatic carbocycles. The number of amides is 1. The van der Waals surface area contributed by atoms with Gasteiger partial charge in [-0.05, 0) is 42.8 Å². The number of rotatable bonds is 8. The van der Waals surface area contributed by atoms with Crippen LogP contribution < -0.4 is 25.3 Å². The Morgan fingerprint density at radius 3 is 2.66 bits per heavy atom. The Kier molecular flexibility index (Phi) is 7.25. The number of ether oxygens (including phenoxy) is 3. The standard InChI is InChI=1S/C29H24N6O6/c1-17-26-27(22(15-30)28(31)41-29(26)34(33-17)20-8-4-3-5-9-20)18-11-12-23(24(13-18)39-2)40-16-25(36)32-19-7-6-10-21(14-19)35(37)38/h3-14,27H,16,31H2,1-2H3,(H,32,36). The van der Waals surface area contributed by atoms with E-state index in [1.165, 1.54) is 31.4 Å². The van der Waals surface area contributed by atoms with E-state index in [0.717, 1.165) is 5.69 Å². The number of aryl methyl sites for hydroxylation is 1. The number of nitrogens with zero attached hydrogens (tertiary/aromatic N) is 4. The van der Waals surface area contributed by atoms with Crippen LogP contribution in [-0.2, 0) is 4.79 Å². The number of benzene rings is 3. The lowest BCUT2D eigenvalue weighted by Crippen LogP contribution is -2.22. The Morgan fingerprint density at radius 2 is 1.95 bits per heavy atom. The van der Waals surface area contributed by atoms with Gasteiger partial charge in [0, 0.05) is 17.8 Å². The van der Waals surface area contributed by atoms with Crippen LogP contribution >= 0.6 is 0 Å². The van der Waals surface area contributed by atoms with Gasteiger partial charge >= 0.3 is 0 Å². The van der Waals surface area contributed by atoms with Crippen molar-refractivity contribution in [2.75, 3.05) is 19.0 Å². The summed E-state index contributed by atoms with van der Waals surface area (Å²) < 4.78 is 18.8. The van der Waals surface area contributed by atoms with Crippen LogP contribution in [0.15, 0.2) is 84.3 Å². The maximum atomic E-state index is 12.5. The average Bonchev–Trinajstić information content (AvgIpc) is 3.31. The number of nitro groups is 1. The van der Waals surface area contributed by atoms with Crippen LogP contribution in [0, 0.1) is 28.4 Å². The first kappa shape index (κ1) is 26.8. The Morgan fingerprint density at radius 1 is 1.17 bits per heavy atom. The number of aromatic nitrogens is 2. The third-order valence-corrected chi connectivity index (χ3v) is 6.45. The predicted molar refractivity (Wildman–Crippen MR) is 148 cm³/mol. The number of anilines is 1. The van der Waals surface area contributed by atoms with Gasteiger partial charge in [0.05, 0.1) is 34.9 Å². The fourth-order valence-corrected chi connectivity index (χ4v) is 4.61. The van der Waals surface area contributed by atoms with Gasteiger partial charge in [0.15, 0.2) is 18.1 Å². The Hall–Kier alpha value is -5.83. The molecule has 1 aliphatic heterocycles. The molecule has 4 aromatic rings. The molecule has 0 fully saturated rings. The van der Waals surface area contributed by atoms with Gasteiger partial charge in [0.1, 0.15) is 11.6 Å². The van der Waals surface area contributed by atoms with Crippen LogP contribution in [0.5, 0.6) is 17.4 Å². The Balaban J connectivity index is 1.42. The zero-order chi connectivity index (χ0) is 29.1. The van der Waals surface area contributed by atoms with Crippen LogP contribution in [0.1, 0.15) is 22.7 Å². The molecular formula is C29H24N6O6. The van der Waals surface area contributed by atoms with Gasteiger partial charge in [-0.2, -0.15) is 10.4 Å². The summed E-state index contributed by atoms with van der Waals surface area (Å²) in [5.41, 5.74) is 9.35. The van der Waals surface area contributed by atoms with Crippen molar-refractivity contribution in [3.63, 3.8) is 0 Å². The summed E-state index contributed by atoms with van der Waals surface area (Å²) >= 11 is 0. The van der Waals surface area contributed by atoms with Crippen molar-refractivity contribution in [1.29, 1.82) is 5.26 Å². The lowest BCUT2D eigenvalue weighted by atomic mass is 9.84. The van der Waals surface area contributed by atoms with Crippen LogP contribution in [0.3, 0.4) is 0 Å². The molecule has 5 rings (SSSR count). The van der Waals surface area contributed by atoms with Crippen molar-refractivity contribution < 1.29 is 23.9 Å². The molecule has 1 unspecified atom stereocenters. The molecule has 12 heteroatoms. The van der Waals surface area contributed by atoms with Crippen LogP contribution in [0.25, 0.3) is 5.69 Å². The van der Waals surface area contributed by atoms with E-state index in [2.05, 4.69) is 16.5 Å². The number of hydrogen-bond donors (Lipinski definition) is 2. The van der Waals surface area contributed by atoms with Crippen molar-refractivity contribution in [3.05, 3.63) is 111 Å². The summed E-state index contributed by atoms with van der Waals surface area (Å²) in [6, 6.07) is 22.3. The van der Waals surface area contributed by atoms with E-state index in [0.29, 0.717) is 28.5 Å². The number of nitrogens with two attached hydrogens (primary N) is 1. The highest BCUT2D eigenvalue weighted by Crippen LogP contribution is 2.46. The molecule has 1 atom stereocenters. The van der Waals surface area contributed by atoms with Gasteiger partial charge in [0.2, 0.25) is 11.8 Å². The minimum Gasteiger partial charge on any atom is -0.493 e. The second kappa shape index (κ2) is 11.1. The van der Waals surface area contributed by atoms with E-state index in [4.69, 9.17) is 19.9 Å². The molecule has 3 aromatic carbocycles. The number of carbonyl (C=O) groups excluding carboxylic acids is 1.